The number of methoxy groups -OCH3 is 1. The normalized spacial score (nSPS) is 15.9. The zero-order chi connectivity index (χ0) is 19.4. The summed E-state index contributed by atoms with van der Waals surface area (Å²) in [7, 11) is 1.61. The van der Waals surface area contributed by atoms with Crippen molar-refractivity contribution in [3.8, 4) is 11.5 Å². The van der Waals surface area contributed by atoms with Gasteiger partial charge in [-0.2, -0.15) is 4.68 Å². The average Bonchev–Trinajstić information content (AvgIpc) is 3.11. The van der Waals surface area contributed by atoms with Gasteiger partial charge in [-0.3, -0.25) is 4.79 Å². The maximum Gasteiger partial charge on any atom is 0.248 e. The number of carbonyl (C=O) groups is 1. The van der Waals surface area contributed by atoms with E-state index in [1.54, 1.807) is 18.7 Å². The van der Waals surface area contributed by atoms with Gasteiger partial charge in [0.1, 0.15) is 6.04 Å². The maximum atomic E-state index is 12.3. The van der Waals surface area contributed by atoms with Gasteiger partial charge in [0.15, 0.2) is 17.3 Å². The minimum atomic E-state index is -0.420. The van der Waals surface area contributed by atoms with Crippen molar-refractivity contribution in [2.45, 2.75) is 46.1 Å². The van der Waals surface area contributed by atoms with E-state index < -0.39 is 6.04 Å². The van der Waals surface area contributed by atoms with Crippen LogP contribution in [0.2, 0.25) is 0 Å². The van der Waals surface area contributed by atoms with Gasteiger partial charge in [0.2, 0.25) is 5.95 Å². The molecule has 3 rings (SSSR count). The molecule has 0 spiro atoms. The number of hydrogen-bond acceptors (Lipinski definition) is 7. The quantitative estimate of drug-likeness (QED) is 0.713. The third-order valence-corrected chi connectivity index (χ3v) is 4.60. The zero-order valence-corrected chi connectivity index (χ0v) is 16.2. The van der Waals surface area contributed by atoms with E-state index in [2.05, 4.69) is 27.8 Å². The largest absolute Gasteiger partial charge is 0.493 e. The van der Waals surface area contributed by atoms with Crippen LogP contribution < -0.4 is 14.8 Å². The number of fused-ring (bicyclic) bond motifs is 1. The van der Waals surface area contributed by atoms with Crippen LogP contribution in [0, 0.1) is 0 Å². The van der Waals surface area contributed by atoms with Crippen LogP contribution in [0.4, 0.5) is 5.95 Å². The lowest BCUT2D eigenvalue weighted by molar-refractivity contribution is -0.114. The summed E-state index contributed by atoms with van der Waals surface area (Å²) in [5.41, 5.74) is 2.22. The van der Waals surface area contributed by atoms with Crippen molar-refractivity contribution in [1.29, 1.82) is 0 Å². The van der Waals surface area contributed by atoms with Gasteiger partial charge in [-0.15, -0.1) is 0 Å². The summed E-state index contributed by atoms with van der Waals surface area (Å²) in [5.74, 6) is 1.78. The molecular formula is C19H25N5O3. The van der Waals surface area contributed by atoms with E-state index in [0.29, 0.717) is 29.6 Å². The van der Waals surface area contributed by atoms with Gasteiger partial charge < -0.3 is 14.8 Å². The van der Waals surface area contributed by atoms with Gasteiger partial charge in [0.05, 0.1) is 13.7 Å². The Kier molecular flexibility index (Phi) is 5.73. The van der Waals surface area contributed by atoms with E-state index >= 15 is 0 Å². The highest BCUT2D eigenvalue weighted by atomic mass is 16.5. The maximum absolute atomic E-state index is 12.3. The Labute approximate surface area is 158 Å². The highest BCUT2D eigenvalue weighted by Gasteiger charge is 2.32. The van der Waals surface area contributed by atoms with Gasteiger partial charge in [-0.1, -0.05) is 30.9 Å². The van der Waals surface area contributed by atoms with Gasteiger partial charge in [0, 0.05) is 11.3 Å². The summed E-state index contributed by atoms with van der Waals surface area (Å²) in [6, 6.07) is 5.26. The van der Waals surface area contributed by atoms with E-state index in [0.717, 1.165) is 30.5 Å². The molecule has 1 aliphatic heterocycles. The van der Waals surface area contributed by atoms with E-state index in [1.807, 2.05) is 25.1 Å². The minimum absolute atomic E-state index is 0.0370. The van der Waals surface area contributed by atoms with E-state index in [9.17, 15) is 4.79 Å². The summed E-state index contributed by atoms with van der Waals surface area (Å²) >= 11 is 0. The first-order chi connectivity index (χ1) is 13.1. The van der Waals surface area contributed by atoms with Crippen LogP contribution in [-0.2, 0) is 4.79 Å². The van der Waals surface area contributed by atoms with Crippen LogP contribution >= 0.6 is 0 Å². The Morgan fingerprint density at radius 1 is 1.30 bits per heavy atom. The SMILES string of the molecule is CCCCCOc1ccc(C2C(C(C)=O)=C(C)Nc3nnnn32)cc1OC. The molecular weight excluding hydrogens is 346 g/mol. The molecule has 8 heteroatoms. The Morgan fingerprint density at radius 2 is 2.11 bits per heavy atom. The number of carbonyl (C=O) groups excluding carboxylic acids is 1. The predicted molar refractivity (Wildman–Crippen MR) is 101 cm³/mol. The number of ether oxygens (including phenoxy) is 2. The number of allylic oxidation sites excluding steroid dienone is 2. The molecule has 0 aliphatic carbocycles. The number of hydrogen-bond donors (Lipinski definition) is 1. The van der Waals surface area contributed by atoms with Crippen molar-refractivity contribution in [2.75, 3.05) is 19.0 Å². The number of nitrogens with one attached hydrogen (secondary N) is 1. The number of Topliss-reactive ketones (excluding diaryl/α,β-unsaturated/α-hetero) is 1. The van der Waals surface area contributed by atoms with Gasteiger partial charge in [-0.05, 0) is 48.4 Å². The Bertz CT molecular complexity index is 859. The molecule has 8 nitrogen and oxygen atoms in total. The molecule has 0 saturated carbocycles. The molecule has 1 aromatic heterocycles. The second-order valence-corrected chi connectivity index (χ2v) is 6.54. The molecule has 27 heavy (non-hydrogen) atoms. The van der Waals surface area contributed by atoms with Crippen LogP contribution in [0.1, 0.15) is 51.6 Å². The minimum Gasteiger partial charge on any atom is -0.493 e. The fourth-order valence-corrected chi connectivity index (χ4v) is 3.28. The highest BCUT2D eigenvalue weighted by Crippen LogP contribution is 2.38. The zero-order valence-electron chi connectivity index (χ0n) is 16.2. The fourth-order valence-electron chi connectivity index (χ4n) is 3.28. The first-order valence-corrected chi connectivity index (χ1v) is 9.14. The first-order valence-electron chi connectivity index (χ1n) is 9.14. The number of unbranched alkanes of at least 4 members (excludes halogenated alkanes) is 2. The summed E-state index contributed by atoms with van der Waals surface area (Å²) in [5, 5.41) is 14.9. The number of tetrazole rings is 1. The molecule has 0 fully saturated rings. The molecule has 0 radical (unpaired) electrons. The monoisotopic (exact) mass is 371 g/mol. The number of ketones is 1. The smallest absolute Gasteiger partial charge is 0.248 e. The average molecular weight is 371 g/mol. The molecule has 1 unspecified atom stereocenters. The fraction of sp³-hybridized carbons (Fsp3) is 0.474. The molecule has 1 aromatic carbocycles. The molecule has 0 amide bonds. The summed E-state index contributed by atoms with van der Waals surface area (Å²) in [4.78, 5) is 12.3. The molecule has 0 bridgehead atoms. The Hall–Kier alpha value is -2.90. The van der Waals surface area contributed by atoms with Crippen molar-refractivity contribution in [3.63, 3.8) is 0 Å². The van der Waals surface area contributed by atoms with Crippen LogP contribution in [0.3, 0.4) is 0 Å². The van der Waals surface area contributed by atoms with Crippen LogP contribution in [0.25, 0.3) is 0 Å². The summed E-state index contributed by atoms with van der Waals surface area (Å²) < 4.78 is 13.0. The van der Waals surface area contributed by atoms with Gasteiger partial charge in [0.25, 0.3) is 0 Å². The van der Waals surface area contributed by atoms with Crippen LogP contribution in [0.15, 0.2) is 29.5 Å². The van der Waals surface area contributed by atoms with E-state index in [4.69, 9.17) is 9.47 Å². The molecule has 2 aromatic rings. The molecule has 144 valence electrons. The number of anilines is 1. The molecule has 1 atom stereocenters. The van der Waals surface area contributed by atoms with Crippen molar-refractivity contribution < 1.29 is 14.3 Å². The number of rotatable bonds is 8. The second-order valence-electron chi connectivity index (χ2n) is 6.54. The lowest BCUT2D eigenvalue weighted by Gasteiger charge is -2.27. The number of benzene rings is 1. The Balaban J connectivity index is 1.96. The predicted octanol–water partition coefficient (Wildman–Crippen LogP) is 3.13. The lowest BCUT2D eigenvalue weighted by Crippen LogP contribution is -2.27. The van der Waals surface area contributed by atoms with Gasteiger partial charge >= 0.3 is 0 Å². The third-order valence-electron chi connectivity index (χ3n) is 4.60. The number of aromatic nitrogens is 4. The van der Waals surface area contributed by atoms with Crippen molar-refractivity contribution >= 4 is 11.7 Å². The molecule has 1 aliphatic rings. The third kappa shape index (κ3) is 3.79. The molecule has 2 heterocycles. The topological polar surface area (TPSA) is 91.2 Å². The molecule has 1 N–H and O–H groups in total. The lowest BCUT2D eigenvalue weighted by atomic mass is 9.93. The van der Waals surface area contributed by atoms with Crippen LogP contribution in [0.5, 0.6) is 11.5 Å². The van der Waals surface area contributed by atoms with Crippen molar-refractivity contribution in [2.24, 2.45) is 0 Å². The van der Waals surface area contributed by atoms with Gasteiger partial charge in [-0.25, -0.2) is 0 Å². The summed E-state index contributed by atoms with van der Waals surface area (Å²) in [6.45, 7) is 6.20. The second kappa shape index (κ2) is 8.20. The van der Waals surface area contributed by atoms with E-state index in [1.165, 1.54) is 0 Å². The Morgan fingerprint density at radius 3 is 2.81 bits per heavy atom. The number of nitrogens with zero attached hydrogens (tertiary/aromatic N) is 4. The van der Waals surface area contributed by atoms with E-state index in [-0.39, 0.29) is 5.78 Å². The van der Waals surface area contributed by atoms with Crippen molar-refractivity contribution in [1.82, 2.24) is 20.2 Å². The summed E-state index contributed by atoms with van der Waals surface area (Å²) in [6.07, 6.45) is 3.27. The molecule has 0 saturated heterocycles. The standard InChI is InChI=1S/C19H25N5O3/c1-5-6-7-10-27-15-9-8-14(11-16(15)26-4)18-17(13(3)25)12(2)20-19-21-22-23-24(18)19/h8-9,11,18H,5-7,10H2,1-4H3,(H,20,21,23). The van der Waals surface area contributed by atoms with Crippen LogP contribution in [-0.4, -0.2) is 39.7 Å². The first kappa shape index (κ1) is 18.9. The van der Waals surface area contributed by atoms with Crippen molar-refractivity contribution in [3.05, 3.63) is 35.0 Å². The highest BCUT2D eigenvalue weighted by molar-refractivity contribution is 5.96.